The molecule has 2 aromatic rings. The van der Waals surface area contributed by atoms with Crippen molar-refractivity contribution in [3.63, 3.8) is 0 Å². The number of nitrogens with zero attached hydrogens (tertiary/aromatic N) is 2. The minimum Gasteiger partial charge on any atom is -0.507 e. The number of hydrogen-bond donors (Lipinski definition) is 1. The molecule has 3 rings (SSSR count). The van der Waals surface area contributed by atoms with Gasteiger partial charge in [0.05, 0.1) is 11.6 Å². The number of likely N-dealkylation sites (tertiary alicyclic amines) is 1. The van der Waals surface area contributed by atoms with Crippen molar-refractivity contribution in [3.8, 4) is 0 Å². The molecule has 1 N–H and O–H groups in total. The van der Waals surface area contributed by atoms with Gasteiger partial charge in [-0.3, -0.25) is 9.59 Å². The average molecular weight is 417 g/mol. The topological polar surface area (TPSA) is 60.9 Å². The van der Waals surface area contributed by atoms with Crippen LogP contribution < -0.4 is 0 Å². The van der Waals surface area contributed by atoms with Crippen LogP contribution in [0, 0.1) is 5.82 Å². The van der Waals surface area contributed by atoms with Crippen LogP contribution in [0.5, 0.6) is 0 Å². The molecule has 7 heteroatoms. The number of carbonyl (C=O) groups is 2. The molecule has 1 fully saturated rings. The number of aliphatic hydroxyl groups excluding tert-OH is 1. The van der Waals surface area contributed by atoms with Crippen molar-refractivity contribution in [3.05, 3.63) is 76.1 Å². The number of benzene rings is 2. The standard InChI is InChI=1S/C22H22ClFN2O3/c1-25(2)12-5-13-26-19(16-6-3-4-7-17(16)24)18(21(28)22(26)29)20(27)14-8-10-15(23)11-9-14/h3-4,6-11,19,27H,5,12-13H2,1-2H3/b20-18+/t19-/m0/s1. The van der Waals surface area contributed by atoms with E-state index in [1.54, 1.807) is 30.3 Å². The maximum Gasteiger partial charge on any atom is 0.295 e. The fraction of sp³-hybridized carbons (Fsp3) is 0.273. The first kappa shape index (κ1) is 21.0. The maximum absolute atomic E-state index is 14.6. The number of carbonyl (C=O) groups excluding carboxylic acids is 2. The Kier molecular flexibility index (Phi) is 6.35. The molecule has 1 heterocycles. The third-order valence-electron chi connectivity index (χ3n) is 4.86. The predicted octanol–water partition coefficient (Wildman–Crippen LogP) is 3.85. The monoisotopic (exact) mass is 416 g/mol. The van der Waals surface area contributed by atoms with E-state index in [0.29, 0.717) is 23.6 Å². The molecule has 1 saturated heterocycles. The molecule has 0 aromatic heterocycles. The van der Waals surface area contributed by atoms with Gasteiger partial charge in [0, 0.05) is 22.7 Å². The highest BCUT2D eigenvalue weighted by Crippen LogP contribution is 2.40. The molecular weight excluding hydrogens is 395 g/mol. The summed E-state index contributed by atoms with van der Waals surface area (Å²) in [5.41, 5.74) is 0.390. The van der Waals surface area contributed by atoms with Crippen LogP contribution in [-0.2, 0) is 9.59 Å². The third kappa shape index (κ3) is 4.33. The second-order valence-electron chi connectivity index (χ2n) is 7.18. The number of hydrogen-bond acceptors (Lipinski definition) is 4. The first-order chi connectivity index (χ1) is 13.8. The summed E-state index contributed by atoms with van der Waals surface area (Å²) in [6, 6.07) is 11.2. The molecule has 29 heavy (non-hydrogen) atoms. The molecule has 1 atom stereocenters. The van der Waals surface area contributed by atoms with Gasteiger partial charge in [0.25, 0.3) is 11.7 Å². The van der Waals surface area contributed by atoms with Crippen molar-refractivity contribution in [1.82, 2.24) is 9.80 Å². The van der Waals surface area contributed by atoms with Crippen LogP contribution in [0.15, 0.2) is 54.1 Å². The van der Waals surface area contributed by atoms with Crippen molar-refractivity contribution in [2.45, 2.75) is 12.5 Å². The van der Waals surface area contributed by atoms with Gasteiger partial charge in [-0.25, -0.2) is 4.39 Å². The maximum atomic E-state index is 14.6. The first-order valence-electron chi connectivity index (χ1n) is 9.24. The van der Waals surface area contributed by atoms with E-state index >= 15 is 0 Å². The lowest BCUT2D eigenvalue weighted by molar-refractivity contribution is -0.140. The molecule has 0 saturated carbocycles. The van der Waals surface area contributed by atoms with Gasteiger partial charge in [-0.2, -0.15) is 0 Å². The zero-order valence-corrected chi connectivity index (χ0v) is 17.0. The van der Waals surface area contributed by atoms with Gasteiger partial charge < -0.3 is 14.9 Å². The average Bonchev–Trinajstić information content (AvgIpc) is 2.93. The number of amides is 1. The molecule has 1 aliphatic rings. The van der Waals surface area contributed by atoms with Gasteiger partial charge in [0.15, 0.2) is 0 Å². The Bertz CT molecular complexity index is 957. The Hall–Kier alpha value is -2.70. The number of rotatable bonds is 6. The minimum atomic E-state index is -0.992. The van der Waals surface area contributed by atoms with E-state index in [0.717, 1.165) is 0 Å². The summed E-state index contributed by atoms with van der Waals surface area (Å²) in [7, 11) is 3.81. The Morgan fingerprint density at radius 3 is 2.41 bits per heavy atom. The molecule has 0 unspecified atom stereocenters. The SMILES string of the molecule is CN(C)CCCN1C(=O)C(=O)/C(=C(/O)c2ccc(Cl)cc2)[C@@H]1c1ccccc1F. The second kappa shape index (κ2) is 8.76. The second-order valence-corrected chi connectivity index (χ2v) is 7.61. The van der Waals surface area contributed by atoms with Crippen LogP contribution in [0.1, 0.15) is 23.6 Å². The van der Waals surface area contributed by atoms with Crippen LogP contribution in [0.4, 0.5) is 4.39 Å². The van der Waals surface area contributed by atoms with Crippen LogP contribution in [-0.4, -0.2) is 53.8 Å². The van der Waals surface area contributed by atoms with E-state index in [2.05, 4.69) is 0 Å². The molecule has 152 valence electrons. The van der Waals surface area contributed by atoms with Crippen LogP contribution in [0.25, 0.3) is 5.76 Å². The van der Waals surface area contributed by atoms with Crippen LogP contribution in [0.2, 0.25) is 5.02 Å². The van der Waals surface area contributed by atoms with Crippen molar-refractivity contribution in [2.75, 3.05) is 27.2 Å². The zero-order valence-electron chi connectivity index (χ0n) is 16.2. The molecule has 0 aliphatic carbocycles. The minimum absolute atomic E-state index is 0.118. The van der Waals surface area contributed by atoms with E-state index in [-0.39, 0.29) is 23.4 Å². The number of ketones is 1. The predicted molar refractivity (Wildman–Crippen MR) is 110 cm³/mol. The molecule has 2 aromatic carbocycles. The van der Waals surface area contributed by atoms with Crippen molar-refractivity contribution >= 4 is 29.1 Å². The summed E-state index contributed by atoms with van der Waals surface area (Å²) >= 11 is 5.90. The summed E-state index contributed by atoms with van der Waals surface area (Å²) in [4.78, 5) is 28.9. The van der Waals surface area contributed by atoms with Gasteiger partial charge >= 0.3 is 0 Å². The van der Waals surface area contributed by atoms with Gasteiger partial charge in [-0.15, -0.1) is 0 Å². The van der Waals surface area contributed by atoms with E-state index in [1.807, 2.05) is 19.0 Å². The third-order valence-corrected chi connectivity index (χ3v) is 5.11. The molecule has 5 nitrogen and oxygen atoms in total. The summed E-state index contributed by atoms with van der Waals surface area (Å²) in [5, 5.41) is 11.3. The van der Waals surface area contributed by atoms with E-state index < -0.39 is 23.5 Å². The van der Waals surface area contributed by atoms with E-state index in [9.17, 15) is 19.1 Å². The fourth-order valence-corrected chi connectivity index (χ4v) is 3.58. The van der Waals surface area contributed by atoms with Gasteiger partial charge in [-0.05, 0) is 57.4 Å². The smallest absolute Gasteiger partial charge is 0.295 e. The Balaban J connectivity index is 2.11. The molecule has 0 radical (unpaired) electrons. The number of halogens is 2. The zero-order chi connectivity index (χ0) is 21.1. The highest BCUT2D eigenvalue weighted by molar-refractivity contribution is 6.46. The van der Waals surface area contributed by atoms with Gasteiger partial charge in [0.2, 0.25) is 0 Å². The lowest BCUT2D eigenvalue weighted by Gasteiger charge is -2.26. The van der Waals surface area contributed by atoms with Crippen molar-refractivity contribution < 1.29 is 19.1 Å². The lowest BCUT2D eigenvalue weighted by atomic mass is 9.95. The quantitative estimate of drug-likeness (QED) is 0.441. The Morgan fingerprint density at radius 1 is 1.14 bits per heavy atom. The summed E-state index contributed by atoms with van der Waals surface area (Å²) in [6.45, 7) is 0.962. The molecule has 1 amide bonds. The normalized spacial score (nSPS) is 18.7. The lowest BCUT2D eigenvalue weighted by Crippen LogP contribution is -2.32. The summed E-state index contributed by atoms with van der Waals surface area (Å²) in [6.07, 6.45) is 0.603. The number of aliphatic hydroxyl groups is 1. The molecule has 1 aliphatic heterocycles. The molecule has 0 bridgehead atoms. The van der Waals surface area contributed by atoms with Crippen LogP contribution >= 0.6 is 11.6 Å². The molecule has 0 spiro atoms. The highest BCUT2D eigenvalue weighted by Gasteiger charge is 2.46. The van der Waals surface area contributed by atoms with Crippen molar-refractivity contribution in [1.29, 1.82) is 0 Å². The first-order valence-corrected chi connectivity index (χ1v) is 9.62. The van der Waals surface area contributed by atoms with Gasteiger partial charge in [0.1, 0.15) is 11.6 Å². The fourth-order valence-electron chi connectivity index (χ4n) is 3.45. The largest absolute Gasteiger partial charge is 0.507 e. The summed E-state index contributed by atoms with van der Waals surface area (Å²) in [5.74, 6) is -2.45. The Labute approximate surface area is 174 Å². The Morgan fingerprint density at radius 2 is 1.79 bits per heavy atom. The molecular formula is C22H22ClFN2O3. The van der Waals surface area contributed by atoms with Gasteiger partial charge in [-0.1, -0.05) is 29.8 Å². The van der Waals surface area contributed by atoms with E-state index in [1.165, 1.54) is 23.1 Å². The van der Waals surface area contributed by atoms with Crippen LogP contribution in [0.3, 0.4) is 0 Å². The number of Topliss-reactive ketones (excluding diaryl/α,β-unsaturated/α-hetero) is 1. The highest BCUT2D eigenvalue weighted by atomic mass is 35.5. The summed E-state index contributed by atoms with van der Waals surface area (Å²) < 4.78 is 14.6. The van der Waals surface area contributed by atoms with Crippen molar-refractivity contribution in [2.24, 2.45) is 0 Å². The van der Waals surface area contributed by atoms with E-state index in [4.69, 9.17) is 11.6 Å².